The first-order valence-electron chi connectivity index (χ1n) is 12.6. The van der Waals surface area contributed by atoms with Gasteiger partial charge in [-0.3, -0.25) is 4.90 Å². The average molecular weight is 566 g/mol. The van der Waals surface area contributed by atoms with Crippen molar-refractivity contribution in [2.45, 2.75) is 114 Å². The minimum absolute atomic E-state index is 0. The fraction of sp³-hybridized carbons (Fsp3) is 0.923. The van der Waals surface area contributed by atoms with E-state index in [2.05, 4.69) is 32.0 Å². The van der Waals surface area contributed by atoms with Crippen LogP contribution in [0.25, 0.3) is 0 Å². The fourth-order valence-corrected chi connectivity index (χ4v) is 14.7. The monoisotopic (exact) mass is 563 g/mol. The topological polar surface area (TPSA) is 3.24 Å². The summed E-state index contributed by atoms with van der Waals surface area (Å²) in [6.45, 7) is 8.24. The van der Waals surface area contributed by atoms with Crippen LogP contribution in [0.5, 0.6) is 0 Å². The molecule has 4 aliphatic carbocycles. The van der Waals surface area contributed by atoms with Gasteiger partial charge in [-0.2, -0.15) is 0 Å². The van der Waals surface area contributed by atoms with Gasteiger partial charge in [-0.05, 0) is 73.4 Å². The van der Waals surface area contributed by atoms with E-state index in [4.69, 9.17) is 17.0 Å². The van der Waals surface area contributed by atoms with Gasteiger partial charge in [-0.15, -0.1) is 0 Å². The SMILES string of the molecule is CC1CCC2C(C1)C1C3CCCCC3C([Si](C)(C)C3CCCC3)C1N2C.[CH3-].[CH3-].[Cl][Zr+2][Cl]. The Labute approximate surface area is 214 Å². The van der Waals surface area contributed by atoms with Crippen molar-refractivity contribution in [1.82, 2.24) is 4.90 Å². The summed E-state index contributed by atoms with van der Waals surface area (Å²) in [5.41, 5.74) is 2.26. The molecule has 8 atom stereocenters. The molecule has 0 aromatic carbocycles. The van der Waals surface area contributed by atoms with Gasteiger partial charge in [-0.1, -0.05) is 65.0 Å². The van der Waals surface area contributed by atoms with E-state index < -0.39 is 28.9 Å². The van der Waals surface area contributed by atoms with Crippen LogP contribution in [-0.4, -0.2) is 32.1 Å². The molecule has 0 amide bonds. The Hall–Kier alpha value is 1.64. The van der Waals surface area contributed by atoms with E-state index in [0.717, 1.165) is 52.8 Å². The van der Waals surface area contributed by atoms with Crippen molar-refractivity contribution >= 4 is 25.1 Å². The first-order valence-corrected chi connectivity index (χ1v) is 22.1. The number of likely N-dealkylation sites (tertiary alicyclic amines) is 1. The van der Waals surface area contributed by atoms with Gasteiger partial charge in [0, 0.05) is 12.1 Å². The molecule has 5 heteroatoms. The zero-order valence-electron chi connectivity index (χ0n) is 21.2. The van der Waals surface area contributed by atoms with Gasteiger partial charge in [0.05, 0.1) is 8.07 Å². The number of hydrogen-bond acceptors (Lipinski definition) is 1. The molecular formula is C26H49Cl2NSiZr. The molecule has 0 radical (unpaired) electrons. The van der Waals surface area contributed by atoms with Crippen LogP contribution in [-0.2, 0) is 20.8 Å². The molecule has 0 bridgehead atoms. The van der Waals surface area contributed by atoms with E-state index in [0.29, 0.717) is 0 Å². The molecule has 1 aliphatic heterocycles. The third-order valence-corrected chi connectivity index (χ3v) is 15.6. The molecule has 31 heavy (non-hydrogen) atoms. The molecule has 0 aromatic rings. The quantitative estimate of drug-likeness (QED) is 0.239. The molecule has 5 aliphatic rings. The second kappa shape index (κ2) is 12.1. The Balaban J connectivity index is 0.000000648. The average Bonchev–Trinajstić information content (AvgIpc) is 3.39. The summed E-state index contributed by atoms with van der Waals surface area (Å²) in [5.74, 6) is 5.34. The third-order valence-electron chi connectivity index (χ3n) is 10.5. The second-order valence-electron chi connectivity index (χ2n) is 11.9. The summed E-state index contributed by atoms with van der Waals surface area (Å²) in [5, 5.41) is 0. The number of nitrogens with zero attached hydrogens (tertiary/aromatic N) is 1. The molecule has 5 fully saturated rings. The molecular weight excluding hydrogens is 517 g/mol. The summed E-state index contributed by atoms with van der Waals surface area (Å²) < 4.78 is 0. The van der Waals surface area contributed by atoms with Crippen molar-refractivity contribution in [3.63, 3.8) is 0 Å². The van der Waals surface area contributed by atoms with E-state index in [1.165, 1.54) is 25.7 Å². The molecule has 0 spiro atoms. The van der Waals surface area contributed by atoms with E-state index in [-0.39, 0.29) is 14.9 Å². The maximum absolute atomic E-state index is 4.93. The maximum atomic E-state index is 4.93. The van der Waals surface area contributed by atoms with Gasteiger partial charge in [0.25, 0.3) is 0 Å². The zero-order chi connectivity index (χ0) is 20.8. The summed E-state index contributed by atoms with van der Waals surface area (Å²) in [6.07, 6.45) is 17.0. The first-order chi connectivity index (χ1) is 13.9. The third kappa shape index (κ3) is 5.27. The molecule has 5 rings (SSSR count). The van der Waals surface area contributed by atoms with E-state index in [1.807, 2.05) is 0 Å². The van der Waals surface area contributed by atoms with Crippen molar-refractivity contribution in [3.8, 4) is 0 Å². The van der Waals surface area contributed by atoms with Gasteiger partial charge in [-0.25, -0.2) is 0 Å². The summed E-state index contributed by atoms with van der Waals surface area (Å²) >= 11 is -0.826. The van der Waals surface area contributed by atoms with Crippen molar-refractivity contribution in [2.75, 3.05) is 7.05 Å². The first kappa shape index (κ1) is 28.9. The summed E-state index contributed by atoms with van der Waals surface area (Å²) in [6, 6.07) is 1.92. The normalized spacial score (nSPS) is 42.1. The second-order valence-corrected chi connectivity index (χ2v) is 20.8. The fourth-order valence-electron chi connectivity index (χ4n) is 9.44. The molecule has 0 N–H and O–H groups in total. The van der Waals surface area contributed by atoms with Gasteiger partial charge in [0.1, 0.15) is 0 Å². The minimum atomic E-state index is -1.20. The predicted molar refractivity (Wildman–Crippen MR) is 139 cm³/mol. The van der Waals surface area contributed by atoms with E-state index >= 15 is 0 Å². The van der Waals surface area contributed by atoms with Crippen LogP contribution in [0.3, 0.4) is 0 Å². The molecule has 4 saturated carbocycles. The van der Waals surface area contributed by atoms with Gasteiger partial charge < -0.3 is 14.9 Å². The molecule has 1 saturated heterocycles. The van der Waals surface area contributed by atoms with Crippen LogP contribution in [0.1, 0.15) is 77.6 Å². The molecule has 8 unspecified atom stereocenters. The molecule has 1 heterocycles. The summed E-state index contributed by atoms with van der Waals surface area (Å²) in [4.78, 5) is 3.01. The van der Waals surface area contributed by atoms with Crippen molar-refractivity contribution in [1.29, 1.82) is 0 Å². The Kier molecular flexibility index (Phi) is 11.2. The van der Waals surface area contributed by atoms with Crippen molar-refractivity contribution in [3.05, 3.63) is 14.9 Å². The Bertz CT molecular complexity index is 556. The van der Waals surface area contributed by atoms with Crippen LogP contribution < -0.4 is 0 Å². The Morgan fingerprint density at radius 1 is 0.806 bits per heavy atom. The van der Waals surface area contributed by atoms with Crippen LogP contribution in [0.2, 0.25) is 24.2 Å². The standard InChI is InChI=1S/C24H43NSi.2CH3.2ClH.Zr/c1-16-13-14-21-20(15-16)22-18-11-7-8-12-19(18)24(23(22)25(21)2)26(3,4)17-9-5-6-10-17;;;;;/h16-24H,5-15H2,1-4H3;2*1H3;2*1H;/q;2*-1;;;+4/p-2. The Morgan fingerprint density at radius 3 is 1.97 bits per heavy atom. The number of halogens is 2. The van der Waals surface area contributed by atoms with E-state index in [1.54, 1.807) is 44.9 Å². The number of fused-ring (bicyclic) bond motifs is 5. The van der Waals surface area contributed by atoms with Gasteiger partial charge in [0.15, 0.2) is 0 Å². The van der Waals surface area contributed by atoms with E-state index in [9.17, 15) is 0 Å². The van der Waals surface area contributed by atoms with Crippen LogP contribution in [0, 0.1) is 44.4 Å². The van der Waals surface area contributed by atoms with Gasteiger partial charge >= 0.3 is 37.9 Å². The van der Waals surface area contributed by atoms with Crippen LogP contribution >= 0.6 is 17.0 Å². The Morgan fingerprint density at radius 2 is 1.35 bits per heavy atom. The zero-order valence-corrected chi connectivity index (χ0v) is 26.1. The predicted octanol–water partition coefficient (Wildman–Crippen LogP) is 8.84. The molecule has 0 aromatic heterocycles. The van der Waals surface area contributed by atoms with Crippen molar-refractivity contribution in [2.24, 2.45) is 29.6 Å². The van der Waals surface area contributed by atoms with Crippen LogP contribution in [0.15, 0.2) is 0 Å². The van der Waals surface area contributed by atoms with Crippen molar-refractivity contribution < 1.29 is 20.8 Å². The van der Waals surface area contributed by atoms with Crippen LogP contribution in [0.4, 0.5) is 0 Å². The molecule has 1 nitrogen and oxygen atoms in total. The number of hydrogen-bond donors (Lipinski definition) is 0. The summed E-state index contributed by atoms with van der Waals surface area (Å²) in [7, 11) is 11.2. The number of rotatable bonds is 2. The molecule has 180 valence electrons. The van der Waals surface area contributed by atoms with Gasteiger partial charge in [0.2, 0.25) is 0 Å².